The number of aliphatic hydroxyl groups is 1. The van der Waals surface area contributed by atoms with E-state index in [9.17, 15) is 9.90 Å². The molecule has 1 aliphatic rings. The molecule has 0 unspecified atom stereocenters. The van der Waals surface area contributed by atoms with Crippen LogP contribution in [0.15, 0.2) is 18.3 Å². The molecule has 1 fully saturated rings. The van der Waals surface area contributed by atoms with Gasteiger partial charge in [-0.2, -0.15) is 0 Å². The van der Waals surface area contributed by atoms with Crippen LogP contribution >= 0.6 is 0 Å². The fourth-order valence-electron chi connectivity index (χ4n) is 2.73. The van der Waals surface area contributed by atoms with Crippen LogP contribution in [0.3, 0.4) is 0 Å². The number of rotatable bonds is 6. The second-order valence-corrected chi connectivity index (χ2v) is 6.05. The molecule has 1 aromatic heterocycles. The third-order valence-corrected chi connectivity index (χ3v) is 4.01. The topological polar surface area (TPSA) is 68.7 Å². The van der Waals surface area contributed by atoms with E-state index in [1.165, 1.54) is 4.90 Å². The third kappa shape index (κ3) is 4.68. The third-order valence-electron chi connectivity index (χ3n) is 4.01. The van der Waals surface area contributed by atoms with Crippen molar-refractivity contribution in [1.29, 1.82) is 0 Å². The van der Waals surface area contributed by atoms with Gasteiger partial charge in [-0.25, -0.2) is 4.98 Å². The summed E-state index contributed by atoms with van der Waals surface area (Å²) >= 11 is 0. The van der Waals surface area contributed by atoms with Crippen LogP contribution in [0.1, 0.15) is 23.2 Å². The lowest BCUT2D eigenvalue weighted by molar-refractivity contribution is 0.0827. The molecular formula is C16H26N4O2. The van der Waals surface area contributed by atoms with E-state index in [0.29, 0.717) is 11.5 Å². The number of pyridine rings is 1. The van der Waals surface area contributed by atoms with Crippen molar-refractivity contribution in [3.8, 4) is 0 Å². The van der Waals surface area contributed by atoms with Crippen molar-refractivity contribution in [2.24, 2.45) is 5.92 Å². The standard InChI is InChI=1S/C16H26N4O2/c1-19(2)16(22)14-5-6-15(18-10-14)17-7-9-20-8-3-4-13(11-20)12-21/h5-6,10,13,21H,3-4,7-9,11-12H2,1-2H3,(H,17,18)/t13-/m1/s1. The smallest absolute Gasteiger partial charge is 0.254 e. The number of nitrogens with zero attached hydrogens (tertiary/aromatic N) is 3. The number of hydrogen-bond acceptors (Lipinski definition) is 5. The van der Waals surface area contributed by atoms with Crippen LogP contribution in [0, 0.1) is 5.92 Å². The lowest BCUT2D eigenvalue weighted by Gasteiger charge is -2.31. The van der Waals surface area contributed by atoms with Crippen LogP contribution in [0.25, 0.3) is 0 Å². The van der Waals surface area contributed by atoms with Crippen LogP contribution in [0.5, 0.6) is 0 Å². The monoisotopic (exact) mass is 306 g/mol. The molecule has 1 amide bonds. The Labute approximate surface area is 132 Å². The van der Waals surface area contributed by atoms with Gasteiger partial charge >= 0.3 is 0 Å². The van der Waals surface area contributed by atoms with E-state index in [4.69, 9.17) is 0 Å². The number of hydrogen-bond donors (Lipinski definition) is 2. The van der Waals surface area contributed by atoms with Gasteiger partial charge in [0.15, 0.2) is 0 Å². The average molecular weight is 306 g/mol. The molecule has 0 aliphatic carbocycles. The Kier molecular flexibility index (Phi) is 6.15. The first-order valence-corrected chi connectivity index (χ1v) is 7.85. The Hall–Kier alpha value is -1.66. The fourth-order valence-corrected chi connectivity index (χ4v) is 2.73. The second kappa shape index (κ2) is 8.10. The number of nitrogens with one attached hydrogen (secondary N) is 1. The zero-order chi connectivity index (χ0) is 15.9. The summed E-state index contributed by atoms with van der Waals surface area (Å²) < 4.78 is 0. The Morgan fingerprint density at radius 3 is 2.95 bits per heavy atom. The largest absolute Gasteiger partial charge is 0.396 e. The van der Waals surface area contributed by atoms with Crippen LogP contribution in [0.4, 0.5) is 5.82 Å². The van der Waals surface area contributed by atoms with E-state index >= 15 is 0 Å². The summed E-state index contributed by atoms with van der Waals surface area (Å²) in [5, 5.41) is 12.5. The number of piperidine rings is 1. The number of carbonyl (C=O) groups excluding carboxylic acids is 1. The Morgan fingerprint density at radius 2 is 2.32 bits per heavy atom. The summed E-state index contributed by atoms with van der Waals surface area (Å²) in [4.78, 5) is 20.0. The van der Waals surface area contributed by atoms with Crippen LogP contribution in [0.2, 0.25) is 0 Å². The zero-order valence-corrected chi connectivity index (χ0v) is 13.5. The molecule has 1 aromatic rings. The molecule has 22 heavy (non-hydrogen) atoms. The maximum atomic E-state index is 11.8. The van der Waals surface area contributed by atoms with Gasteiger partial charge in [0.05, 0.1) is 5.56 Å². The summed E-state index contributed by atoms with van der Waals surface area (Å²) in [6.07, 6.45) is 3.89. The van der Waals surface area contributed by atoms with Gasteiger partial charge in [0.1, 0.15) is 5.82 Å². The molecule has 2 N–H and O–H groups in total. The van der Waals surface area contributed by atoms with E-state index in [1.807, 2.05) is 6.07 Å². The fraction of sp³-hybridized carbons (Fsp3) is 0.625. The van der Waals surface area contributed by atoms with E-state index in [2.05, 4.69) is 15.2 Å². The number of anilines is 1. The van der Waals surface area contributed by atoms with Crippen molar-refractivity contribution in [2.75, 3.05) is 52.2 Å². The highest BCUT2D eigenvalue weighted by Crippen LogP contribution is 2.15. The molecule has 0 radical (unpaired) electrons. The maximum absolute atomic E-state index is 11.8. The highest BCUT2D eigenvalue weighted by atomic mass is 16.3. The van der Waals surface area contributed by atoms with Gasteiger partial charge in [-0.15, -0.1) is 0 Å². The number of amides is 1. The van der Waals surface area contributed by atoms with Crippen molar-refractivity contribution >= 4 is 11.7 Å². The molecule has 1 atom stereocenters. The molecule has 2 heterocycles. The highest BCUT2D eigenvalue weighted by Gasteiger charge is 2.18. The van der Waals surface area contributed by atoms with Crippen LogP contribution in [-0.4, -0.2) is 72.7 Å². The number of likely N-dealkylation sites (tertiary alicyclic amines) is 1. The van der Waals surface area contributed by atoms with E-state index in [-0.39, 0.29) is 12.5 Å². The molecule has 0 bridgehead atoms. The average Bonchev–Trinajstić information content (AvgIpc) is 2.55. The summed E-state index contributed by atoms with van der Waals surface area (Å²) in [5.74, 6) is 1.16. The molecule has 1 aliphatic heterocycles. The summed E-state index contributed by atoms with van der Waals surface area (Å²) in [5.41, 5.74) is 0.595. The SMILES string of the molecule is CN(C)C(=O)c1ccc(NCCN2CCC[C@@H](CO)C2)nc1. The first-order valence-electron chi connectivity index (χ1n) is 7.85. The molecule has 1 saturated heterocycles. The van der Waals surface area contributed by atoms with E-state index < -0.39 is 0 Å². The lowest BCUT2D eigenvalue weighted by Crippen LogP contribution is -2.39. The summed E-state index contributed by atoms with van der Waals surface area (Å²) in [6, 6.07) is 3.63. The number of carbonyl (C=O) groups is 1. The van der Waals surface area contributed by atoms with Gasteiger partial charge in [-0.1, -0.05) is 0 Å². The van der Waals surface area contributed by atoms with Crippen molar-refractivity contribution in [2.45, 2.75) is 12.8 Å². The van der Waals surface area contributed by atoms with Gasteiger partial charge < -0.3 is 20.2 Å². The first-order chi connectivity index (χ1) is 10.6. The maximum Gasteiger partial charge on any atom is 0.254 e. The summed E-state index contributed by atoms with van der Waals surface area (Å²) in [6.45, 7) is 4.11. The Bertz CT molecular complexity index is 476. The van der Waals surface area contributed by atoms with E-state index in [0.717, 1.165) is 44.8 Å². The zero-order valence-electron chi connectivity index (χ0n) is 13.5. The minimum absolute atomic E-state index is 0.0394. The van der Waals surface area contributed by atoms with Crippen molar-refractivity contribution in [3.63, 3.8) is 0 Å². The van der Waals surface area contributed by atoms with Crippen LogP contribution in [-0.2, 0) is 0 Å². The molecule has 6 heteroatoms. The molecule has 122 valence electrons. The second-order valence-electron chi connectivity index (χ2n) is 6.05. The van der Waals surface area contributed by atoms with Gasteiger partial charge in [0, 0.05) is 46.5 Å². The van der Waals surface area contributed by atoms with Crippen molar-refractivity contribution in [3.05, 3.63) is 23.9 Å². The Balaban J connectivity index is 1.76. The molecular weight excluding hydrogens is 280 g/mol. The minimum Gasteiger partial charge on any atom is -0.396 e. The van der Waals surface area contributed by atoms with Gasteiger partial charge in [-0.3, -0.25) is 4.79 Å². The molecule has 6 nitrogen and oxygen atoms in total. The number of aliphatic hydroxyl groups excluding tert-OH is 1. The lowest BCUT2D eigenvalue weighted by atomic mass is 9.99. The molecule has 0 aromatic carbocycles. The quantitative estimate of drug-likeness (QED) is 0.817. The normalized spacial score (nSPS) is 19.0. The van der Waals surface area contributed by atoms with Gasteiger partial charge in [0.2, 0.25) is 0 Å². The van der Waals surface area contributed by atoms with Gasteiger partial charge in [0.25, 0.3) is 5.91 Å². The molecule has 2 rings (SSSR count). The van der Waals surface area contributed by atoms with Gasteiger partial charge in [-0.05, 0) is 37.4 Å². The molecule has 0 saturated carbocycles. The minimum atomic E-state index is -0.0394. The highest BCUT2D eigenvalue weighted by molar-refractivity contribution is 5.93. The van der Waals surface area contributed by atoms with Crippen LogP contribution < -0.4 is 5.32 Å². The van der Waals surface area contributed by atoms with Crippen molar-refractivity contribution in [1.82, 2.24) is 14.8 Å². The summed E-state index contributed by atoms with van der Waals surface area (Å²) in [7, 11) is 3.46. The predicted molar refractivity (Wildman–Crippen MR) is 87.0 cm³/mol. The molecule has 0 spiro atoms. The first kappa shape index (κ1) is 16.7. The predicted octanol–water partition coefficient (Wildman–Crippen LogP) is 0.900. The Morgan fingerprint density at radius 1 is 1.50 bits per heavy atom. The van der Waals surface area contributed by atoms with E-state index in [1.54, 1.807) is 26.4 Å². The number of aromatic nitrogens is 1. The van der Waals surface area contributed by atoms with Crippen molar-refractivity contribution < 1.29 is 9.90 Å².